The van der Waals surface area contributed by atoms with E-state index in [1.165, 1.54) is 33.4 Å². The topological polar surface area (TPSA) is 111 Å². The monoisotopic (exact) mass is 576 g/mol. The molecule has 1 aromatic carbocycles. The largest absolute Gasteiger partial charge is 0.390 e. The van der Waals surface area contributed by atoms with E-state index in [1.54, 1.807) is 50.2 Å². The quantitative estimate of drug-likeness (QED) is 0.390. The molecule has 0 amide bonds. The van der Waals surface area contributed by atoms with Crippen LogP contribution in [0.4, 0.5) is 24.5 Å². The van der Waals surface area contributed by atoms with Gasteiger partial charge in [-0.2, -0.15) is 17.5 Å². The van der Waals surface area contributed by atoms with Crippen LogP contribution in [0.1, 0.15) is 34.7 Å². The van der Waals surface area contributed by atoms with Crippen LogP contribution in [0, 0.1) is 19.3 Å². The van der Waals surface area contributed by atoms with Gasteiger partial charge >= 0.3 is 6.18 Å². The van der Waals surface area contributed by atoms with Crippen molar-refractivity contribution >= 4 is 27.6 Å². The predicted molar refractivity (Wildman–Crippen MR) is 147 cm³/mol. The lowest BCUT2D eigenvalue weighted by Gasteiger charge is -2.41. The summed E-state index contributed by atoms with van der Waals surface area (Å²) in [6.07, 6.45) is 0.0907. The van der Waals surface area contributed by atoms with Crippen molar-refractivity contribution < 1.29 is 21.6 Å². The minimum atomic E-state index is -4.36. The number of benzene rings is 1. The number of aromatic nitrogens is 2. The Bertz CT molecular complexity index is 1530. The van der Waals surface area contributed by atoms with Crippen molar-refractivity contribution in [2.75, 3.05) is 31.5 Å². The fourth-order valence-electron chi connectivity index (χ4n) is 4.93. The third-order valence-electron chi connectivity index (χ3n) is 7.00. The highest BCUT2D eigenvalue weighted by molar-refractivity contribution is 7.89. The number of alkyl halides is 3. The first kappa shape index (κ1) is 29.4. The molecule has 1 aliphatic rings. The first-order valence-corrected chi connectivity index (χ1v) is 14.0. The van der Waals surface area contributed by atoms with Gasteiger partial charge in [0.25, 0.3) is 5.56 Å². The van der Waals surface area contributed by atoms with Gasteiger partial charge < -0.3 is 15.3 Å². The number of piperazine rings is 1. The molecule has 1 saturated heterocycles. The van der Waals surface area contributed by atoms with Crippen LogP contribution in [-0.2, 0) is 17.1 Å². The third kappa shape index (κ3) is 6.43. The van der Waals surface area contributed by atoms with Crippen molar-refractivity contribution in [1.29, 1.82) is 5.41 Å². The molecular formula is C27H31F3N6O3S. The van der Waals surface area contributed by atoms with Crippen LogP contribution in [0.5, 0.6) is 0 Å². The summed E-state index contributed by atoms with van der Waals surface area (Å²) in [7, 11) is -2.29. The van der Waals surface area contributed by atoms with Crippen LogP contribution in [0.25, 0.3) is 0 Å². The maximum atomic E-state index is 13.3. The molecule has 0 aliphatic carbocycles. The number of hydrogen-bond donors (Lipinski definition) is 2. The molecule has 0 bridgehead atoms. The smallest absolute Gasteiger partial charge is 0.354 e. The number of anilines is 2. The molecular weight excluding hydrogens is 545 g/mol. The lowest BCUT2D eigenvalue weighted by molar-refractivity contribution is -0.140. The fraction of sp³-hybridized carbons (Fsp3) is 0.370. The van der Waals surface area contributed by atoms with Crippen LogP contribution < -0.4 is 10.9 Å². The summed E-state index contributed by atoms with van der Waals surface area (Å²) in [6.45, 7) is 3.30. The van der Waals surface area contributed by atoms with Crippen LogP contribution in [-0.4, -0.2) is 65.7 Å². The molecule has 3 heterocycles. The summed E-state index contributed by atoms with van der Waals surface area (Å²) < 4.78 is 68.9. The van der Waals surface area contributed by atoms with Gasteiger partial charge in [0, 0.05) is 80.9 Å². The minimum Gasteiger partial charge on any atom is -0.354 e. The number of halogens is 3. The summed E-state index contributed by atoms with van der Waals surface area (Å²) >= 11 is 0. The van der Waals surface area contributed by atoms with Gasteiger partial charge in [-0.3, -0.25) is 14.7 Å². The molecule has 0 radical (unpaired) electrons. The number of rotatable bonds is 8. The van der Waals surface area contributed by atoms with Gasteiger partial charge in [0.05, 0.1) is 12.1 Å². The second-order valence-corrected chi connectivity index (χ2v) is 11.8. The Morgan fingerprint density at radius 1 is 1.18 bits per heavy atom. The summed E-state index contributed by atoms with van der Waals surface area (Å²) in [4.78, 5) is 17.6. The van der Waals surface area contributed by atoms with Crippen molar-refractivity contribution in [3.63, 3.8) is 0 Å². The highest BCUT2D eigenvalue weighted by Crippen LogP contribution is 2.35. The molecule has 214 valence electrons. The van der Waals surface area contributed by atoms with Gasteiger partial charge in [-0.15, -0.1) is 0 Å². The predicted octanol–water partition coefficient (Wildman–Crippen LogP) is 4.14. The second-order valence-electron chi connectivity index (χ2n) is 9.86. The van der Waals surface area contributed by atoms with Crippen molar-refractivity contribution in [3.8, 4) is 0 Å². The normalized spacial score (nSPS) is 17.1. The molecule has 1 atom stereocenters. The first-order chi connectivity index (χ1) is 18.8. The standard InChI is InChI=1S/C27H31F3N6O3S/c1-18-12-24(33-21-11-19(2)26(37)34(3)16-21)20(14-31)13-23(18)25-17-36(10-9-35(25)8-6-27(28,29)30)40(38,39)22-5-4-7-32-15-22/h4-5,7,11-16,25,31,33H,6,8-10,17H2,1-3H3. The van der Waals surface area contributed by atoms with Gasteiger partial charge in [0.2, 0.25) is 10.0 Å². The lowest BCUT2D eigenvalue weighted by atomic mass is 9.94. The maximum absolute atomic E-state index is 13.3. The highest BCUT2D eigenvalue weighted by atomic mass is 32.2. The molecule has 40 heavy (non-hydrogen) atoms. The molecule has 1 unspecified atom stereocenters. The van der Waals surface area contributed by atoms with E-state index in [9.17, 15) is 26.4 Å². The molecule has 13 heteroatoms. The average molecular weight is 577 g/mol. The third-order valence-corrected chi connectivity index (χ3v) is 8.85. The van der Waals surface area contributed by atoms with E-state index in [-0.39, 0.29) is 36.6 Å². The highest BCUT2D eigenvalue weighted by Gasteiger charge is 2.38. The Kier molecular flexibility index (Phi) is 8.47. The number of nitrogens with one attached hydrogen (secondary N) is 2. The molecule has 1 aliphatic heterocycles. The van der Waals surface area contributed by atoms with Gasteiger partial charge in [-0.25, -0.2) is 8.42 Å². The van der Waals surface area contributed by atoms with E-state index in [4.69, 9.17) is 5.41 Å². The first-order valence-electron chi connectivity index (χ1n) is 12.6. The van der Waals surface area contributed by atoms with E-state index in [1.807, 2.05) is 0 Å². The van der Waals surface area contributed by atoms with Gasteiger partial charge in [0.1, 0.15) is 4.90 Å². The molecule has 0 spiro atoms. The zero-order chi connectivity index (χ0) is 29.2. The van der Waals surface area contributed by atoms with E-state index >= 15 is 0 Å². The second kappa shape index (κ2) is 11.5. The van der Waals surface area contributed by atoms with Crippen LogP contribution in [0.15, 0.2) is 58.6 Å². The number of aryl methyl sites for hydroxylation is 3. The number of hydrogen-bond acceptors (Lipinski definition) is 7. The lowest BCUT2D eigenvalue weighted by Crippen LogP contribution is -2.51. The zero-order valence-corrected chi connectivity index (χ0v) is 23.2. The van der Waals surface area contributed by atoms with Gasteiger partial charge in [-0.05, 0) is 55.3 Å². The summed E-state index contributed by atoms with van der Waals surface area (Å²) in [5, 5.41) is 11.2. The molecule has 4 rings (SSSR count). The molecule has 0 saturated carbocycles. The molecule has 1 fully saturated rings. The zero-order valence-electron chi connectivity index (χ0n) is 22.4. The van der Waals surface area contributed by atoms with Crippen LogP contribution in [0.3, 0.4) is 0 Å². The van der Waals surface area contributed by atoms with E-state index in [0.717, 1.165) is 11.8 Å². The summed E-state index contributed by atoms with van der Waals surface area (Å²) in [6, 6.07) is 7.48. The average Bonchev–Trinajstić information content (AvgIpc) is 2.90. The van der Waals surface area contributed by atoms with E-state index in [0.29, 0.717) is 28.1 Å². The van der Waals surface area contributed by atoms with Crippen LogP contribution >= 0.6 is 0 Å². The summed E-state index contributed by atoms with van der Waals surface area (Å²) in [5.74, 6) is 0. The van der Waals surface area contributed by atoms with Crippen molar-refractivity contribution in [2.45, 2.75) is 37.4 Å². The minimum absolute atomic E-state index is 0.0153. The number of pyridine rings is 2. The number of nitrogens with zero attached hydrogens (tertiary/aromatic N) is 4. The molecule has 9 nitrogen and oxygen atoms in total. The molecule has 2 N–H and O–H groups in total. The molecule has 2 aromatic heterocycles. The Balaban J connectivity index is 1.71. The van der Waals surface area contributed by atoms with Crippen molar-refractivity contribution in [1.82, 2.24) is 18.8 Å². The fourth-order valence-corrected chi connectivity index (χ4v) is 6.33. The molecule has 3 aromatic rings. The summed E-state index contributed by atoms with van der Waals surface area (Å²) in [5.41, 5.74) is 3.43. The Hall–Kier alpha value is -3.55. The van der Waals surface area contributed by atoms with E-state index < -0.39 is 28.7 Å². The van der Waals surface area contributed by atoms with E-state index in [2.05, 4.69) is 10.3 Å². The Labute approximate surface area is 230 Å². The van der Waals surface area contributed by atoms with Gasteiger partial charge in [-0.1, -0.05) is 0 Å². The van der Waals surface area contributed by atoms with Gasteiger partial charge in [0.15, 0.2) is 0 Å². The van der Waals surface area contributed by atoms with Crippen molar-refractivity contribution in [2.24, 2.45) is 7.05 Å². The van der Waals surface area contributed by atoms with Crippen LogP contribution in [0.2, 0.25) is 0 Å². The Morgan fingerprint density at radius 2 is 1.93 bits per heavy atom. The Morgan fingerprint density at radius 3 is 2.55 bits per heavy atom. The maximum Gasteiger partial charge on any atom is 0.390 e. The van der Waals surface area contributed by atoms with Crippen molar-refractivity contribution in [3.05, 3.63) is 81.5 Å². The number of sulfonamides is 1. The SMILES string of the molecule is Cc1cc(Nc2cc(C)c(=O)n(C)c2)c(C=N)cc1C1CN(S(=O)(=O)c2cccnc2)CCN1CCC(F)(F)F.